The van der Waals surface area contributed by atoms with Crippen LogP contribution in [0.4, 0.5) is 5.69 Å². The minimum absolute atomic E-state index is 0.606. The van der Waals surface area contributed by atoms with Gasteiger partial charge in [0.05, 0.1) is 6.61 Å². The summed E-state index contributed by atoms with van der Waals surface area (Å²) in [5, 5.41) is 3.39. The minimum atomic E-state index is 0.606. The van der Waals surface area contributed by atoms with E-state index in [1.54, 1.807) is 0 Å². The second kappa shape index (κ2) is 6.39. The number of hydrogen-bond donors (Lipinski definition) is 1. The van der Waals surface area contributed by atoms with Gasteiger partial charge >= 0.3 is 0 Å². The molecule has 3 rings (SSSR count). The fraction of sp³-hybridized carbons (Fsp3) is 0.294. The van der Waals surface area contributed by atoms with Crippen LogP contribution in [-0.2, 0) is 6.54 Å². The summed E-state index contributed by atoms with van der Waals surface area (Å²) in [6.07, 6.45) is 0. The maximum atomic E-state index is 5.58. The van der Waals surface area contributed by atoms with Crippen molar-refractivity contribution in [3.8, 4) is 17.2 Å². The molecule has 0 amide bonds. The summed E-state index contributed by atoms with van der Waals surface area (Å²) < 4.78 is 16.5. The molecule has 1 aliphatic rings. The van der Waals surface area contributed by atoms with Crippen LogP contribution in [0.25, 0.3) is 0 Å². The molecule has 4 heteroatoms. The third-order valence-electron chi connectivity index (χ3n) is 3.27. The predicted molar refractivity (Wildman–Crippen MR) is 82.4 cm³/mol. The number of hydrogen-bond acceptors (Lipinski definition) is 4. The van der Waals surface area contributed by atoms with Crippen LogP contribution in [0.3, 0.4) is 0 Å². The number of ether oxygens (including phenoxy) is 3. The van der Waals surface area contributed by atoms with Crippen LogP contribution in [0.5, 0.6) is 17.2 Å². The molecule has 0 fully saturated rings. The molecule has 0 radical (unpaired) electrons. The van der Waals surface area contributed by atoms with Gasteiger partial charge in [0.2, 0.25) is 0 Å². The Labute approximate surface area is 124 Å². The highest BCUT2D eigenvalue weighted by atomic mass is 16.6. The molecule has 0 saturated carbocycles. The fourth-order valence-corrected chi connectivity index (χ4v) is 2.23. The summed E-state index contributed by atoms with van der Waals surface area (Å²) in [5.41, 5.74) is 2.22. The molecular formula is C17H19NO3. The third kappa shape index (κ3) is 3.40. The zero-order valence-electron chi connectivity index (χ0n) is 12.1. The van der Waals surface area contributed by atoms with E-state index in [2.05, 4.69) is 17.4 Å². The largest absolute Gasteiger partial charge is 0.494 e. The van der Waals surface area contributed by atoms with E-state index < -0.39 is 0 Å². The van der Waals surface area contributed by atoms with Crippen molar-refractivity contribution in [2.24, 2.45) is 0 Å². The van der Waals surface area contributed by atoms with Crippen molar-refractivity contribution in [3.63, 3.8) is 0 Å². The fourth-order valence-electron chi connectivity index (χ4n) is 2.23. The maximum absolute atomic E-state index is 5.58. The Morgan fingerprint density at radius 2 is 1.76 bits per heavy atom. The molecule has 0 aromatic heterocycles. The summed E-state index contributed by atoms with van der Waals surface area (Å²) >= 11 is 0. The van der Waals surface area contributed by atoms with Crippen LogP contribution in [0, 0.1) is 0 Å². The lowest BCUT2D eigenvalue weighted by molar-refractivity contribution is 0.171. The molecule has 0 aliphatic carbocycles. The molecule has 1 aliphatic heterocycles. The Morgan fingerprint density at radius 3 is 2.52 bits per heavy atom. The van der Waals surface area contributed by atoms with Crippen molar-refractivity contribution in [1.82, 2.24) is 0 Å². The van der Waals surface area contributed by atoms with Gasteiger partial charge in [-0.15, -0.1) is 0 Å². The van der Waals surface area contributed by atoms with Crippen LogP contribution in [0.1, 0.15) is 12.5 Å². The van der Waals surface area contributed by atoms with Crippen molar-refractivity contribution in [2.75, 3.05) is 25.1 Å². The van der Waals surface area contributed by atoms with E-state index in [4.69, 9.17) is 14.2 Å². The van der Waals surface area contributed by atoms with E-state index >= 15 is 0 Å². The van der Waals surface area contributed by atoms with Crippen molar-refractivity contribution in [3.05, 3.63) is 48.0 Å². The monoisotopic (exact) mass is 285 g/mol. The molecule has 0 saturated heterocycles. The molecule has 110 valence electrons. The van der Waals surface area contributed by atoms with Crippen molar-refractivity contribution >= 4 is 5.69 Å². The smallest absolute Gasteiger partial charge is 0.163 e. The Balaban J connectivity index is 1.61. The first-order chi connectivity index (χ1) is 10.3. The van der Waals surface area contributed by atoms with Gasteiger partial charge in [-0.1, -0.05) is 12.1 Å². The molecule has 21 heavy (non-hydrogen) atoms. The van der Waals surface area contributed by atoms with Crippen molar-refractivity contribution in [2.45, 2.75) is 13.5 Å². The summed E-state index contributed by atoms with van der Waals surface area (Å²) in [6, 6.07) is 14.0. The number of rotatable bonds is 5. The van der Waals surface area contributed by atoms with Gasteiger partial charge in [-0.2, -0.15) is 0 Å². The zero-order valence-corrected chi connectivity index (χ0v) is 12.1. The van der Waals surface area contributed by atoms with E-state index in [0.717, 1.165) is 29.5 Å². The predicted octanol–water partition coefficient (Wildman–Crippen LogP) is 3.47. The van der Waals surface area contributed by atoms with Crippen LogP contribution in [0.15, 0.2) is 42.5 Å². The summed E-state index contributed by atoms with van der Waals surface area (Å²) in [4.78, 5) is 0. The number of fused-ring (bicyclic) bond motifs is 1. The molecule has 4 nitrogen and oxygen atoms in total. The van der Waals surface area contributed by atoms with E-state index in [0.29, 0.717) is 19.8 Å². The molecule has 1 N–H and O–H groups in total. The van der Waals surface area contributed by atoms with Crippen LogP contribution in [0.2, 0.25) is 0 Å². The standard InChI is InChI=1S/C17H19NO3/c1-2-19-15-6-3-13(4-7-15)12-18-14-5-8-16-17(11-14)21-10-9-20-16/h3-8,11,18H,2,9-10,12H2,1H3. The van der Waals surface area contributed by atoms with Gasteiger partial charge in [0.15, 0.2) is 11.5 Å². The van der Waals surface area contributed by atoms with Gasteiger partial charge in [0.1, 0.15) is 19.0 Å². The maximum Gasteiger partial charge on any atom is 0.163 e. The van der Waals surface area contributed by atoms with Gasteiger partial charge in [0.25, 0.3) is 0 Å². The number of benzene rings is 2. The average molecular weight is 285 g/mol. The Hall–Kier alpha value is -2.36. The van der Waals surface area contributed by atoms with Gasteiger partial charge in [-0.3, -0.25) is 0 Å². The third-order valence-corrected chi connectivity index (χ3v) is 3.27. The molecule has 0 bridgehead atoms. The molecule has 0 unspecified atom stereocenters. The first-order valence-electron chi connectivity index (χ1n) is 7.20. The van der Waals surface area contributed by atoms with Crippen molar-refractivity contribution in [1.29, 1.82) is 0 Å². The Bertz CT molecular complexity index is 595. The van der Waals surface area contributed by atoms with E-state index in [-0.39, 0.29) is 0 Å². The quantitative estimate of drug-likeness (QED) is 0.913. The molecule has 0 spiro atoms. The second-order valence-corrected chi connectivity index (χ2v) is 4.79. The van der Waals surface area contributed by atoms with Gasteiger partial charge in [0, 0.05) is 18.3 Å². The summed E-state index contributed by atoms with van der Waals surface area (Å²) in [5.74, 6) is 2.52. The topological polar surface area (TPSA) is 39.7 Å². The van der Waals surface area contributed by atoms with Crippen LogP contribution >= 0.6 is 0 Å². The van der Waals surface area contributed by atoms with Gasteiger partial charge in [-0.05, 0) is 36.8 Å². The molecule has 2 aromatic rings. The van der Waals surface area contributed by atoms with E-state index in [1.807, 2.05) is 37.3 Å². The molecule has 2 aromatic carbocycles. The zero-order chi connectivity index (χ0) is 14.5. The van der Waals surface area contributed by atoms with Crippen molar-refractivity contribution < 1.29 is 14.2 Å². The highest BCUT2D eigenvalue weighted by Crippen LogP contribution is 2.32. The SMILES string of the molecule is CCOc1ccc(CNc2ccc3c(c2)OCCO3)cc1. The first kappa shape index (κ1) is 13.6. The van der Waals surface area contributed by atoms with Crippen LogP contribution < -0.4 is 19.5 Å². The highest BCUT2D eigenvalue weighted by molar-refractivity contribution is 5.55. The molecular weight excluding hydrogens is 266 g/mol. The number of nitrogens with one attached hydrogen (secondary N) is 1. The lowest BCUT2D eigenvalue weighted by Crippen LogP contribution is -2.15. The summed E-state index contributed by atoms with van der Waals surface area (Å²) in [7, 11) is 0. The Kier molecular flexibility index (Phi) is 4.15. The normalized spacial score (nSPS) is 12.8. The summed E-state index contributed by atoms with van der Waals surface area (Å²) in [6.45, 7) is 4.65. The average Bonchev–Trinajstić information content (AvgIpc) is 2.54. The van der Waals surface area contributed by atoms with E-state index in [1.165, 1.54) is 5.56 Å². The molecule has 1 heterocycles. The Morgan fingerprint density at radius 1 is 1.00 bits per heavy atom. The second-order valence-electron chi connectivity index (χ2n) is 4.79. The van der Waals surface area contributed by atoms with Crippen LogP contribution in [-0.4, -0.2) is 19.8 Å². The van der Waals surface area contributed by atoms with Gasteiger partial charge in [-0.25, -0.2) is 0 Å². The number of anilines is 1. The lowest BCUT2D eigenvalue weighted by atomic mass is 10.2. The molecule has 0 atom stereocenters. The minimum Gasteiger partial charge on any atom is -0.494 e. The first-order valence-corrected chi connectivity index (χ1v) is 7.20. The highest BCUT2D eigenvalue weighted by Gasteiger charge is 2.11. The lowest BCUT2D eigenvalue weighted by Gasteiger charge is -2.19. The van der Waals surface area contributed by atoms with E-state index in [9.17, 15) is 0 Å². The van der Waals surface area contributed by atoms with Gasteiger partial charge < -0.3 is 19.5 Å².